The summed E-state index contributed by atoms with van der Waals surface area (Å²) in [5, 5.41) is 15.8. The van der Waals surface area contributed by atoms with Gasteiger partial charge in [-0.15, -0.1) is 11.3 Å². The van der Waals surface area contributed by atoms with Crippen molar-refractivity contribution in [3.63, 3.8) is 0 Å². The Morgan fingerprint density at radius 2 is 2.08 bits per heavy atom. The normalized spacial score (nSPS) is 10.9. The number of hydrogen-bond acceptors (Lipinski definition) is 4. The Labute approximate surface area is 153 Å². The lowest BCUT2D eigenvalue weighted by atomic mass is 10.1. The van der Waals surface area contributed by atoms with Gasteiger partial charge in [0.2, 0.25) is 5.91 Å². The van der Waals surface area contributed by atoms with E-state index in [4.69, 9.17) is 0 Å². The molecule has 0 radical (unpaired) electrons. The maximum atomic E-state index is 11.9. The van der Waals surface area contributed by atoms with Gasteiger partial charge in [0.25, 0.3) is 0 Å². The smallest absolute Gasteiger partial charge is 0.225 e. The summed E-state index contributed by atoms with van der Waals surface area (Å²) in [4.78, 5) is 14.0. The van der Waals surface area contributed by atoms with Gasteiger partial charge in [0.1, 0.15) is 5.60 Å². The Morgan fingerprint density at radius 1 is 1.28 bits per heavy atom. The molecule has 1 amide bonds. The van der Waals surface area contributed by atoms with Crippen molar-refractivity contribution in [3.05, 3.63) is 51.7 Å². The molecule has 0 fully saturated rings. The van der Waals surface area contributed by atoms with Crippen LogP contribution in [0.3, 0.4) is 0 Å². The van der Waals surface area contributed by atoms with Crippen LogP contribution >= 0.6 is 11.3 Å². The van der Waals surface area contributed by atoms with Crippen LogP contribution in [0.15, 0.2) is 36.4 Å². The van der Waals surface area contributed by atoms with Crippen LogP contribution < -0.4 is 10.6 Å². The fourth-order valence-electron chi connectivity index (χ4n) is 2.11. The van der Waals surface area contributed by atoms with E-state index in [9.17, 15) is 9.90 Å². The Balaban J connectivity index is 1.71. The van der Waals surface area contributed by atoms with Gasteiger partial charge in [-0.05, 0) is 50.6 Å². The molecule has 2 rings (SSSR count). The lowest BCUT2D eigenvalue weighted by Gasteiger charge is -2.06. The van der Waals surface area contributed by atoms with Gasteiger partial charge in [-0.1, -0.05) is 24.0 Å². The van der Waals surface area contributed by atoms with Crippen LogP contribution in [0.4, 0.5) is 5.69 Å². The van der Waals surface area contributed by atoms with Crippen LogP contribution in [0.25, 0.3) is 0 Å². The number of amides is 1. The molecule has 2 aromatic rings. The van der Waals surface area contributed by atoms with Gasteiger partial charge in [-0.3, -0.25) is 4.79 Å². The first-order valence-corrected chi connectivity index (χ1v) is 9.05. The van der Waals surface area contributed by atoms with Gasteiger partial charge < -0.3 is 15.7 Å². The monoisotopic (exact) mass is 356 g/mol. The quantitative estimate of drug-likeness (QED) is 0.550. The van der Waals surface area contributed by atoms with E-state index < -0.39 is 5.60 Å². The molecule has 4 nitrogen and oxygen atoms in total. The van der Waals surface area contributed by atoms with E-state index in [1.165, 1.54) is 0 Å². The third-order valence-corrected chi connectivity index (χ3v) is 4.28. The summed E-state index contributed by atoms with van der Waals surface area (Å²) >= 11 is 1.59. The van der Waals surface area contributed by atoms with Crippen LogP contribution in [0.5, 0.6) is 0 Å². The number of rotatable bonds is 6. The van der Waals surface area contributed by atoms with E-state index in [1.54, 1.807) is 25.2 Å². The Kier molecular flexibility index (Phi) is 6.77. The predicted octanol–water partition coefficient (Wildman–Crippen LogP) is 3.30. The molecule has 1 heterocycles. The fourth-order valence-corrected chi connectivity index (χ4v) is 2.95. The fraction of sp³-hybridized carbons (Fsp3) is 0.350. The maximum absolute atomic E-state index is 11.9. The van der Waals surface area contributed by atoms with Crippen molar-refractivity contribution in [2.75, 3.05) is 11.9 Å². The third-order valence-electron chi connectivity index (χ3n) is 3.28. The summed E-state index contributed by atoms with van der Waals surface area (Å²) in [6.07, 6.45) is 0.421. The first-order chi connectivity index (χ1) is 11.8. The molecule has 1 aromatic carbocycles. The molecule has 25 heavy (non-hydrogen) atoms. The van der Waals surface area contributed by atoms with Gasteiger partial charge >= 0.3 is 0 Å². The maximum Gasteiger partial charge on any atom is 0.225 e. The van der Waals surface area contributed by atoms with Gasteiger partial charge in [0, 0.05) is 30.1 Å². The highest BCUT2D eigenvalue weighted by Gasteiger charge is 2.06. The number of carbonyl (C=O) groups is 1. The standard InChI is InChI=1S/C20H24N2O2S/c1-15-5-4-6-16(13-15)22-19(23)10-12-21-14-18-8-7-17(25-18)9-11-20(2,3)24/h4-8,13,21,24H,10,12,14H2,1-3H3,(H,22,23). The van der Waals surface area contributed by atoms with E-state index in [-0.39, 0.29) is 5.91 Å². The van der Waals surface area contributed by atoms with Crippen molar-refractivity contribution in [1.29, 1.82) is 0 Å². The average molecular weight is 356 g/mol. The van der Waals surface area contributed by atoms with Crippen molar-refractivity contribution >= 4 is 22.9 Å². The third kappa shape index (κ3) is 7.53. The average Bonchev–Trinajstić information content (AvgIpc) is 2.97. The van der Waals surface area contributed by atoms with E-state index in [1.807, 2.05) is 43.3 Å². The van der Waals surface area contributed by atoms with Crippen LogP contribution in [0, 0.1) is 18.8 Å². The van der Waals surface area contributed by atoms with Gasteiger partial charge in [-0.2, -0.15) is 0 Å². The lowest BCUT2D eigenvalue weighted by Crippen LogP contribution is -2.21. The van der Waals surface area contributed by atoms with Gasteiger partial charge in [0.15, 0.2) is 0 Å². The summed E-state index contributed by atoms with van der Waals surface area (Å²) in [5.74, 6) is 5.78. The highest BCUT2D eigenvalue weighted by molar-refractivity contribution is 7.12. The zero-order chi connectivity index (χ0) is 18.3. The molecule has 0 saturated heterocycles. The van der Waals surface area contributed by atoms with Crippen molar-refractivity contribution in [1.82, 2.24) is 5.32 Å². The van der Waals surface area contributed by atoms with E-state index in [0.717, 1.165) is 21.0 Å². The number of carbonyl (C=O) groups excluding carboxylic acids is 1. The predicted molar refractivity (Wildman–Crippen MR) is 104 cm³/mol. The minimum atomic E-state index is -0.979. The van der Waals surface area contributed by atoms with Crippen LogP contribution in [0.1, 0.15) is 35.6 Å². The molecular formula is C20H24N2O2S. The van der Waals surface area contributed by atoms with Crippen LogP contribution in [-0.4, -0.2) is 23.2 Å². The molecule has 1 aromatic heterocycles. The molecule has 0 aliphatic heterocycles. The van der Waals surface area contributed by atoms with Crippen molar-refractivity contribution in [2.45, 2.75) is 39.3 Å². The summed E-state index contributed by atoms with van der Waals surface area (Å²) in [5.41, 5.74) is 0.975. The van der Waals surface area contributed by atoms with Crippen molar-refractivity contribution in [2.24, 2.45) is 0 Å². The van der Waals surface area contributed by atoms with Gasteiger partial charge in [-0.25, -0.2) is 0 Å². The second-order valence-corrected chi connectivity index (χ2v) is 7.59. The molecule has 0 spiro atoms. The number of hydrogen-bond donors (Lipinski definition) is 3. The van der Waals surface area contributed by atoms with Crippen LogP contribution in [0.2, 0.25) is 0 Å². The van der Waals surface area contributed by atoms with E-state index in [0.29, 0.717) is 19.5 Å². The van der Waals surface area contributed by atoms with Gasteiger partial charge in [0.05, 0.1) is 4.88 Å². The van der Waals surface area contributed by atoms with Crippen LogP contribution in [-0.2, 0) is 11.3 Å². The second kappa shape index (κ2) is 8.82. The zero-order valence-corrected chi connectivity index (χ0v) is 15.7. The van der Waals surface area contributed by atoms with E-state index >= 15 is 0 Å². The number of aliphatic hydroxyl groups is 1. The molecule has 3 N–H and O–H groups in total. The number of nitrogens with one attached hydrogen (secondary N) is 2. The number of anilines is 1. The number of thiophene rings is 1. The molecule has 0 unspecified atom stereocenters. The molecule has 0 aliphatic carbocycles. The first kappa shape index (κ1) is 19.2. The highest BCUT2D eigenvalue weighted by Crippen LogP contribution is 2.15. The molecule has 0 saturated carbocycles. The number of aryl methyl sites for hydroxylation is 1. The molecular weight excluding hydrogens is 332 g/mol. The molecule has 0 atom stereocenters. The Bertz CT molecular complexity index is 779. The number of benzene rings is 1. The van der Waals surface area contributed by atoms with E-state index in [2.05, 4.69) is 22.5 Å². The topological polar surface area (TPSA) is 61.4 Å². The Hall–Kier alpha value is -2.13. The van der Waals surface area contributed by atoms with Crippen molar-refractivity contribution < 1.29 is 9.90 Å². The highest BCUT2D eigenvalue weighted by atomic mass is 32.1. The summed E-state index contributed by atoms with van der Waals surface area (Å²) < 4.78 is 0. The lowest BCUT2D eigenvalue weighted by molar-refractivity contribution is -0.116. The minimum absolute atomic E-state index is 0.000937. The summed E-state index contributed by atoms with van der Waals surface area (Å²) in [6.45, 7) is 6.64. The van der Waals surface area contributed by atoms with Crippen molar-refractivity contribution in [3.8, 4) is 11.8 Å². The molecule has 5 heteroatoms. The zero-order valence-electron chi connectivity index (χ0n) is 14.8. The molecule has 0 bridgehead atoms. The SMILES string of the molecule is Cc1cccc(NC(=O)CCNCc2ccc(C#CC(C)(C)O)s2)c1. The first-order valence-electron chi connectivity index (χ1n) is 8.23. The largest absolute Gasteiger partial charge is 0.378 e. The minimum Gasteiger partial charge on any atom is -0.378 e. The second-order valence-electron chi connectivity index (χ2n) is 6.42. The Morgan fingerprint density at radius 3 is 2.80 bits per heavy atom. The summed E-state index contributed by atoms with van der Waals surface area (Å²) in [7, 11) is 0. The molecule has 0 aliphatic rings. The summed E-state index contributed by atoms with van der Waals surface area (Å²) in [6, 6.07) is 11.7. The molecule has 132 valence electrons.